The van der Waals surface area contributed by atoms with Crippen molar-refractivity contribution in [2.24, 2.45) is 0 Å². The smallest absolute Gasteiger partial charge is 0.264 e. The maximum Gasteiger partial charge on any atom is 0.264 e. The van der Waals surface area contributed by atoms with Gasteiger partial charge in [0.25, 0.3) is 10.0 Å². The quantitative estimate of drug-likeness (QED) is 0.542. The first-order chi connectivity index (χ1) is 14.7. The Morgan fingerprint density at radius 3 is 2.32 bits per heavy atom. The number of hydrogen-bond donors (Lipinski definition) is 1. The third kappa shape index (κ3) is 5.27. The molecule has 0 aromatic heterocycles. The summed E-state index contributed by atoms with van der Waals surface area (Å²) in [5.41, 5.74) is 3.38. The molecule has 0 radical (unpaired) electrons. The Morgan fingerprint density at radius 1 is 1.00 bits per heavy atom. The lowest BCUT2D eigenvalue weighted by atomic mass is 10.00. The summed E-state index contributed by atoms with van der Waals surface area (Å²) in [5.74, 6) is -0.423. The van der Waals surface area contributed by atoms with Crippen molar-refractivity contribution in [1.82, 2.24) is 5.32 Å². The number of halogens is 1. The van der Waals surface area contributed by atoms with Crippen molar-refractivity contribution in [3.8, 4) is 0 Å². The van der Waals surface area contributed by atoms with E-state index >= 15 is 0 Å². The van der Waals surface area contributed by atoms with Crippen LogP contribution in [0.5, 0.6) is 0 Å². The number of nitrogens with one attached hydrogen (secondary N) is 1. The lowest BCUT2D eigenvalue weighted by Gasteiger charge is -2.26. The van der Waals surface area contributed by atoms with Crippen LogP contribution >= 0.6 is 11.6 Å². The van der Waals surface area contributed by atoms with Crippen LogP contribution in [-0.4, -0.2) is 20.9 Å². The second kappa shape index (κ2) is 9.54. The van der Waals surface area contributed by atoms with Gasteiger partial charge in [-0.1, -0.05) is 65.7 Å². The van der Waals surface area contributed by atoms with Crippen LogP contribution in [0.15, 0.2) is 77.7 Å². The summed E-state index contributed by atoms with van der Waals surface area (Å²) in [4.78, 5) is 13.0. The molecule has 0 aliphatic carbocycles. The molecule has 0 fully saturated rings. The predicted octanol–water partition coefficient (Wildman–Crippen LogP) is 5.03. The minimum atomic E-state index is -4.00. The number of aryl methyl sites for hydroxylation is 2. The molecule has 7 heteroatoms. The third-order valence-electron chi connectivity index (χ3n) is 5.02. The number of carbonyl (C=O) groups excluding carboxylic acids is 1. The van der Waals surface area contributed by atoms with Gasteiger partial charge in [0.15, 0.2) is 0 Å². The van der Waals surface area contributed by atoms with Crippen LogP contribution in [0.4, 0.5) is 5.69 Å². The van der Waals surface area contributed by atoms with Crippen LogP contribution in [0.3, 0.4) is 0 Å². The monoisotopic (exact) mass is 456 g/mol. The molecule has 0 bridgehead atoms. The van der Waals surface area contributed by atoms with Crippen molar-refractivity contribution in [1.29, 1.82) is 0 Å². The topological polar surface area (TPSA) is 66.5 Å². The standard InChI is InChI=1S/C24H25ClN2O3S/c1-17-13-14-18(2)21(15-17)19(3)26-24(28)16-27(23-12-8-7-11-22(23)25)31(29,30)20-9-5-4-6-10-20/h4-15,19H,16H2,1-3H3,(H,26,28). The first kappa shape index (κ1) is 22.8. The highest BCUT2D eigenvalue weighted by molar-refractivity contribution is 7.92. The van der Waals surface area contributed by atoms with E-state index in [2.05, 4.69) is 5.32 Å². The zero-order valence-corrected chi connectivity index (χ0v) is 19.2. The molecular weight excluding hydrogens is 432 g/mol. The number of benzene rings is 3. The van der Waals surface area contributed by atoms with Gasteiger partial charge in [-0.15, -0.1) is 0 Å². The fraction of sp³-hybridized carbons (Fsp3) is 0.208. The maximum atomic E-state index is 13.4. The average molecular weight is 457 g/mol. The van der Waals surface area contributed by atoms with E-state index in [-0.39, 0.29) is 21.6 Å². The number of hydrogen-bond acceptors (Lipinski definition) is 3. The van der Waals surface area contributed by atoms with Gasteiger partial charge in [0, 0.05) is 0 Å². The van der Waals surface area contributed by atoms with Crippen LogP contribution in [0, 0.1) is 13.8 Å². The van der Waals surface area contributed by atoms with Crippen molar-refractivity contribution < 1.29 is 13.2 Å². The summed E-state index contributed by atoms with van der Waals surface area (Å²) in [6.07, 6.45) is 0. The summed E-state index contributed by atoms with van der Waals surface area (Å²) in [7, 11) is -4.00. The van der Waals surface area contributed by atoms with Gasteiger partial charge in [-0.3, -0.25) is 9.10 Å². The third-order valence-corrected chi connectivity index (χ3v) is 7.11. The van der Waals surface area contributed by atoms with Crippen LogP contribution in [-0.2, 0) is 14.8 Å². The van der Waals surface area contributed by atoms with E-state index in [0.29, 0.717) is 0 Å². The van der Waals surface area contributed by atoms with Crippen LogP contribution in [0.25, 0.3) is 0 Å². The van der Waals surface area contributed by atoms with Gasteiger partial charge in [-0.2, -0.15) is 0 Å². The first-order valence-corrected chi connectivity index (χ1v) is 11.7. The predicted molar refractivity (Wildman–Crippen MR) is 125 cm³/mol. The van der Waals surface area contributed by atoms with E-state index in [9.17, 15) is 13.2 Å². The summed E-state index contributed by atoms with van der Waals surface area (Å²) in [6.45, 7) is 5.46. The lowest BCUT2D eigenvalue weighted by molar-refractivity contribution is -0.120. The van der Waals surface area contributed by atoms with E-state index in [1.807, 2.05) is 39.0 Å². The molecule has 162 valence electrons. The molecule has 1 N–H and O–H groups in total. The van der Waals surface area contributed by atoms with Crippen molar-refractivity contribution in [2.75, 3.05) is 10.8 Å². The molecule has 3 rings (SSSR count). The molecule has 0 aliphatic rings. The largest absolute Gasteiger partial charge is 0.348 e. The second-order valence-corrected chi connectivity index (χ2v) is 9.69. The SMILES string of the molecule is Cc1ccc(C)c(C(C)NC(=O)CN(c2ccccc2Cl)S(=O)(=O)c2ccccc2)c1. The van der Waals surface area contributed by atoms with E-state index in [1.165, 1.54) is 12.1 Å². The minimum Gasteiger partial charge on any atom is -0.348 e. The maximum absolute atomic E-state index is 13.4. The van der Waals surface area contributed by atoms with Gasteiger partial charge in [-0.25, -0.2) is 8.42 Å². The first-order valence-electron chi connectivity index (χ1n) is 9.89. The summed E-state index contributed by atoms with van der Waals surface area (Å²) >= 11 is 6.30. The van der Waals surface area contributed by atoms with Gasteiger partial charge >= 0.3 is 0 Å². The molecule has 0 spiro atoms. The molecule has 0 heterocycles. The molecule has 1 amide bonds. The second-order valence-electron chi connectivity index (χ2n) is 7.43. The minimum absolute atomic E-state index is 0.0882. The van der Waals surface area contributed by atoms with Gasteiger partial charge in [0.1, 0.15) is 6.54 Å². The summed E-state index contributed by atoms with van der Waals surface area (Å²) in [6, 6.07) is 20.3. The van der Waals surface area contributed by atoms with Crippen LogP contribution in [0.2, 0.25) is 5.02 Å². The van der Waals surface area contributed by atoms with E-state index in [4.69, 9.17) is 11.6 Å². The molecule has 3 aromatic carbocycles. The number of para-hydroxylation sites is 1. The molecule has 31 heavy (non-hydrogen) atoms. The summed E-state index contributed by atoms with van der Waals surface area (Å²) in [5, 5.41) is 3.17. The van der Waals surface area contributed by atoms with Crippen molar-refractivity contribution in [3.63, 3.8) is 0 Å². The van der Waals surface area contributed by atoms with E-state index in [0.717, 1.165) is 21.0 Å². The highest BCUT2D eigenvalue weighted by Crippen LogP contribution is 2.30. The van der Waals surface area contributed by atoms with Crippen LogP contribution in [0.1, 0.15) is 29.7 Å². The van der Waals surface area contributed by atoms with Gasteiger partial charge < -0.3 is 5.32 Å². The Balaban J connectivity index is 1.91. The number of sulfonamides is 1. The molecule has 3 aromatic rings. The Bertz CT molecular complexity index is 1180. The van der Waals surface area contributed by atoms with Crippen molar-refractivity contribution >= 4 is 33.2 Å². The zero-order chi connectivity index (χ0) is 22.6. The molecule has 1 unspecified atom stereocenters. The average Bonchev–Trinajstić information content (AvgIpc) is 2.75. The van der Waals surface area contributed by atoms with E-state index < -0.39 is 22.5 Å². The molecular formula is C24H25ClN2O3S. The number of anilines is 1. The Labute approximate surface area is 188 Å². The lowest BCUT2D eigenvalue weighted by Crippen LogP contribution is -2.41. The Morgan fingerprint density at radius 2 is 1.65 bits per heavy atom. The number of nitrogens with zero attached hydrogens (tertiary/aromatic N) is 1. The number of carbonyl (C=O) groups is 1. The molecule has 5 nitrogen and oxygen atoms in total. The Hall–Kier alpha value is -2.83. The molecule has 1 atom stereocenters. The number of amides is 1. The highest BCUT2D eigenvalue weighted by atomic mass is 35.5. The zero-order valence-electron chi connectivity index (χ0n) is 17.7. The van der Waals surface area contributed by atoms with Gasteiger partial charge in [0.05, 0.1) is 21.6 Å². The highest BCUT2D eigenvalue weighted by Gasteiger charge is 2.29. The normalized spacial score (nSPS) is 12.3. The number of rotatable bonds is 7. The summed E-state index contributed by atoms with van der Waals surface area (Å²) < 4.78 is 27.8. The van der Waals surface area contributed by atoms with Gasteiger partial charge in [-0.05, 0) is 56.2 Å². The molecule has 0 aliphatic heterocycles. The molecule has 0 saturated carbocycles. The Kier molecular flexibility index (Phi) is 7.03. The van der Waals surface area contributed by atoms with Gasteiger partial charge in [0.2, 0.25) is 5.91 Å². The van der Waals surface area contributed by atoms with E-state index in [1.54, 1.807) is 42.5 Å². The molecule has 0 saturated heterocycles. The fourth-order valence-corrected chi connectivity index (χ4v) is 5.14. The van der Waals surface area contributed by atoms with Crippen molar-refractivity contribution in [3.05, 3.63) is 94.5 Å². The van der Waals surface area contributed by atoms with Crippen LogP contribution < -0.4 is 9.62 Å². The van der Waals surface area contributed by atoms with Crippen molar-refractivity contribution in [2.45, 2.75) is 31.7 Å². The fourth-order valence-electron chi connectivity index (χ4n) is 3.40.